The van der Waals surface area contributed by atoms with E-state index in [9.17, 15) is 13.2 Å². The van der Waals surface area contributed by atoms with Gasteiger partial charge in [0.05, 0.1) is 11.1 Å². The molecule has 2 aliphatic rings. The molecule has 0 saturated carbocycles. The van der Waals surface area contributed by atoms with Gasteiger partial charge in [0.1, 0.15) is 4.34 Å². The third kappa shape index (κ3) is 2.80. The van der Waals surface area contributed by atoms with Crippen LogP contribution in [-0.2, 0) is 20.0 Å². The number of hydrogen-bond acceptors (Lipinski definition) is 6. The normalized spacial score (nSPS) is 22.3. The van der Waals surface area contributed by atoms with Crippen LogP contribution in [0.1, 0.15) is 18.9 Å². The average Bonchev–Trinajstić information content (AvgIpc) is 3.25. The summed E-state index contributed by atoms with van der Waals surface area (Å²) in [6.45, 7) is 3.48. The highest BCUT2D eigenvalue weighted by atomic mass is 35.5. The predicted molar refractivity (Wildman–Crippen MR) is 102 cm³/mol. The molecular formula is C17H18ClN3O3S2. The number of sulfone groups is 1. The van der Waals surface area contributed by atoms with E-state index >= 15 is 0 Å². The molecule has 1 aromatic heterocycles. The van der Waals surface area contributed by atoms with Gasteiger partial charge in [0.25, 0.3) is 0 Å². The van der Waals surface area contributed by atoms with Gasteiger partial charge < -0.3 is 9.80 Å². The van der Waals surface area contributed by atoms with Crippen LogP contribution in [0, 0.1) is 0 Å². The van der Waals surface area contributed by atoms with Crippen molar-refractivity contribution in [2.75, 3.05) is 30.8 Å². The number of amides is 1. The van der Waals surface area contributed by atoms with Crippen molar-refractivity contribution in [2.24, 2.45) is 0 Å². The third-order valence-corrected chi connectivity index (χ3v) is 7.46. The molecule has 9 heteroatoms. The largest absolute Gasteiger partial charge is 0.342 e. The Morgan fingerprint density at radius 2 is 2.12 bits per heavy atom. The monoisotopic (exact) mass is 411 g/mol. The van der Waals surface area contributed by atoms with Crippen LogP contribution in [-0.4, -0.2) is 50.1 Å². The fraction of sp³-hybridized carbons (Fsp3) is 0.412. The molecule has 0 aliphatic carbocycles. The molecule has 26 heavy (non-hydrogen) atoms. The lowest BCUT2D eigenvalue weighted by Crippen LogP contribution is -2.36. The van der Waals surface area contributed by atoms with Crippen molar-refractivity contribution >= 4 is 49.5 Å². The molecule has 1 atom stereocenters. The van der Waals surface area contributed by atoms with E-state index < -0.39 is 9.84 Å². The van der Waals surface area contributed by atoms with E-state index in [1.165, 1.54) is 17.6 Å². The third-order valence-electron chi connectivity index (χ3n) is 5.21. The number of halogens is 1. The Kier molecular flexibility index (Phi) is 4.05. The van der Waals surface area contributed by atoms with Gasteiger partial charge in [-0.15, -0.1) is 0 Å². The van der Waals surface area contributed by atoms with Gasteiger partial charge >= 0.3 is 0 Å². The Hall–Kier alpha value is -1.64. The summed E-state index contributed by atoms with van der Waals surface area (Å²) in [5.74, 6) is 0.0402. The van der Waals surface area contributed by atoms with E-state index in [0.29, 0.717) is 28.9 Å². The summed E-state index contributed by atoms with van der Waals surface area (Å²) in [5, 5.41) is 0.779. The van der Waals surface area contributed by atoms with Crippen LogP contribution < -0.4 is 4.90 Å². The van der Waals surface area contributed by atoms with Gasteiger partial charge in [-0.1, -0.05) is 22.9 Å². The molecule has 1 unspecified atom stereocenters. The maximum atomic E-state index is 12.1. The molecule has 1 saturated heterocycles. The van der Waals surface area contributed by atoms with E-state index in [2.05, 4.69) is 9.88 Å². The molecule has 0 N–H and O–H groups in total. The number of carbonyl (C=O) groups is 1. The van der Waals surface area contributed by atoms with E-state index in [0.717, 1.165) is 22.8 Å². The summed E-state index contributed by atoms with van der Waals surface area (Å²) in [4.78, 5) is 20.5. The topological polar surface area (TPSA) is 70.6 Å². The minimum atomic E-state index is -3.31. The first kappa shape index (κ1) is 17.8. The fourth-order valence-corrected chi connectivity index (χ4v) is 5.47. The van der Waals surface area contributed by atoms with E-state index in [-0.39, 0.29) is 11.3 Å². The summed E-state index contributed by atoms with van der Waals surface area (Å²) < 4.78 is 24.7. The van der Waals surface area contributed by atoms with Crippen molar-refractivity contribution in [2.45, 2.75) is 23.7 Å². The minimum Gasteiger partial charge on any atom is -0.342 e. The number of benzene rings is 1. The molecule has 2 aliphatic heterocycles. The van der Waals surface area contributed by atoms with Crippen molar-refractivity contribution in [1.29, 1.82) is 0 Å². The first-order valence-corrected chi connectivity index (χ1v) is 11.3. The zero-order valence-electron chi connectivity index (χ0n) is 14.4. The summed E-state index contributed by atoms with van der Waals surface area (Å²) in [7, 11) is -3.31. The summed E-state index contributed by atoms with van der Waals surface area (Å²) in [5.41, 5.74) is 1.61. The quantitative estimate of drug-likeness (QED) is 0.759. The van der Waals surface area contributed by atoms with Crippen molar-refractivity contribution in [1.82, 2.24) is 9.88 Å². The number of aromatic nitrogens is 1. The van der Waals surface area contributed by atoms with Gasteiger partial charge in [-0.05, 0) is 30.2 Å². The summed E-state index contributed by atoms with van der Waals surface area (Å²) in [6, 6.07) is 5.24. The van der Waals surface area contributed by atoms with Gasteiger partial charge in [-0.3, -0.25) is 4.79 Å². The standard InChI is InChI=1S/C17H18ClN3O3S2/c1-11(22)20-6-5-17(9-20)10-21(16-19-8-15(18)25-16)14-4-3-12(7-13(14)17)26(2,23)24/h3-4,7-8H,5-6,9-10H2,1-2H3. The van der Waals surface area contributed by atoms with Crippen molar-refractivity contribution in [3.05, 3.63) is 34.3 Å². The second-order valence-corrected chi connectivity index (χ2v) is 10.6. The predicted octanol–water partition coefficient (Wildman–Crippen LogP) is 2.84. The average molecular weight is 412 g/mol. The Morgan fingerprint density at radius 3 is 2.69 bits per heavy atom. The number of anilines is 2. The van der Waals surface area contributed by atoms with Gasteiger partial charge in [-0.2, -0.15) is 0 Å². The number of carbonyl (C=O) groups excluding carboxylic acids is 1. The highest BCUT2D eigenvalue weighted by Gasteiger charge is 2.49. The van der Waals surface area contributed by atoms with Crippen LogP contribution in [0.25, 0.3) is 0 Å². The lowest BCUT2D eigenvalue weighted by molar-refractivity contribution is -0.127. The van der Waals surface area contributed by atoms with E-state index in [1.807, 2.05) is 11.0 Å². The zero-order valence-corrected chi connectivity index (χ0v) is 16.8. The number of thiazole rings is 1. The Bertz CT molecular complexity index is 1000. The summed E-state index contributed by atoms with van der Waals surface area (Å²) in [6.07, 6.45) is 3.63. The maximum Gasteiger partial charge on any atom is 0.219 e. The molecular weight excluding hydrogens is 394 g/mol. The van der Waals surface area contributed by atoms with Crippen LogP contribution >= 0.6 is 22.9 Å². The second-order valence-electron chi connectivity index (χ2n) is 6.96. The number of fused-ring (bicyclic) bond motifs is 2. The molecule has 1 spiro atoms. The molecule has 6 nitrogen and oxygen atoms in total. The van der Waals surface area contributed by atoms with Crippen LogP contribution in [0.5, 0.6) is 0 Å². The SMILES string of the molecule is CC(=O)N1CCC2(C1)CN(c1ncc(Cl)s1)c1ccc(S(C)(=O)=O)cc12. The van der Waals surface area contributed by atoms with Crippen molar-refractivity contribution in [3.8, 4) is 0 Å². The number of hydrogen-bond donors (Lipinski definition) is 0. The lowest BCUT2D eigenvalue weighted by atomic mass is 9.81. The van der Waals surface area contributed by atoms with Gasteiger partial charge in [-0.25, -0.2) is 13.4 Å². The first-order chi connectivity index (χ1) is 12.2. The molecule has 0 radical (unpaired) electrons. The molecule has 1 aromatic carbocycles. The maximum absolute atomic E-state index is 12.1. The highest BCUT2D eigenvalue weighted by molar-refractivity contribution is 7.90. The number of nitrogens with zero attached hydrogens (tertiary/aromatic N) is 3. The molecule has 0 bridgehead atoms. The number of rotatable bonds is 2. The van der Waals surface area contributed by atoms with Crippen LogP contribution in [0.2, 0.25) is 4.34 Å². The van der Waals surface area contributed by atoms with Crippen LogP contribution in [0.3, 0.4) is 0 Å². The van der Waals surface area contributed by atoms with Crippen molar-refractivity contribution in [3.63, 3.8) is 0 Å². The molecule has 2 aromatic rings. The molecule has 1 fully saturated rings. The summed E-state index contributed by atoms with van der Waals surface area (Å²) >= 11 is 7.45. The fourth-order valence-electron chi connectivity index (χ4n) is 3.91. The smallest absolute Gasteiger partial charge is 0.219 e. The zero-order chi connectivity index (χ0) is 18.7. The van der Waals surface area contributed by atoms with E-state index in [1.54, 1.807) is 25.3 Å². The van der Waals surface area contributed by atoms with Crippen molar-refractivity contribution < 1.29 is 13.2 Å². The molecule has 1 amide bonds. The van der Waals surface area contributed by atoms with Crippen LogP contribution in [0.15, 0.2) is 29.3 Å². The minimum absolute atomic E-state index is 0.0402. The number of likely N-dealkylation sites (tertiary alicyclic amines) is 1. The van der Waals surface area contributed by atoms with Crippen LogP contribution in [0.4, 0.5) is 10.8 Å². The molecule has 3 heterocycles. The van der Waals surface area contributed by atoms with E-state index in [4.69, 9.17) is 11.6 Å². The highest BCUT2D eigenvalue weighted by Crippen LogP contribution is 2.50. The Morgan fingerprint density at radius 1 is 1.35 bits per heavy atom. The Labute approximate surface area is 161 Å². The van der Waals surface area contributed by atoms with Gasteiger partial charge in [0.2, 0.25) is 5.91 Å². The first-order valence-electron chi connectivity index (χ1n) is 8.19. The lowest BCUT2D eigenvalue weighted by Gasteiger charge is -2.25. The van der Waals surface area contributed by atoms with Gasteiger partial charge in [0, 0.05) is 43.9 Å². The van der Waals surface area contributed by atoms with Gasteiger partial charge in [0.15, 0.2) is 15.0 Å². The molecule has 4 rings (SSSR count). The Balaban J connectivity index is 1.85. The molecule has 138 valence electrons. The second kappa shape index (κ2) is 5.94.